The van der Waals surface area contributed by atoms with Crippen LogP contribution in [0.1, 0.15) is 26.7 Å². The van der Waals surface area contributed by atoms with Crippen molar-refractivity contribution in [2.75, 3.05) is 5.32 Å². The molecule has 0 radical (unpaired) electrons. The Morgan fingerprint density at radius 3 is 2.80 bits per heavy atom. The van der Waals surface area contributed by atoms with Crippen LogP contribution >= 0.6 is 11.3 Å². The zero-order valence-corrected chi connectivity index (χ0v) is 12.7. The molecule has 2 aromatic rings. The van der Waals surface area contributed by atoms with Crippen molar-refractivity contribution in [3.63, 3.8) is 0 Å². The summed E-state index contributed by atoms with van der Waals surface area (Å²) in [5, 5.41) is 4.95. The Morgan fingerprint density at radius 2 is 2.15 bits per heavy atom. The van der Waals surface area contributed by atoms with Gasteiger partial charge in [0.25, 0.3) is 0 Å². The number of thiophene rings is 1. The second kappa shape index (κ2) is 6.20. The fourth-order valence-electron chi connectivity index (χ4n) is 2.10. The second-order valence-electron chi connectivity index (χ2n) is 5.18. The first-order valence-corrected chi connectivity index (χ1v) is 7.65. The maximum absolute atomic E-state index is 12.2. The van der Waals surface area contributed by atoms with E-state index in [0.717, 1.165) is 17.7 Å². The predicted octanol–water partition coefficient (Wildman–Crippen LogP) is 3.87. The van der Waals surface area contributed by atoms with Crippen molar-refractivity contribution in [1.29, 1.82) is 0 Å². The lowest BCUT2D eigenvalue weighted by Crippen LogP contribution is -2.48. The molecular formula is C16H20N2OS. The fourth-order valence-corrected chi connectivity index (χ4v) is 2.82. The van der Waals surface area contributed by atoms with Crippen LogP contribution in [0, 0.1) is 0 Å². The molecule has 2 rings (SSSR count). The average molecular weight is 288 g/mol. The summed E-state index contributed by atoms with van der Waals surface area (Å²) < 4.78 is 0. The first-order valence-electron chi connectivity index (χ1n) is 6.77. The molecule has 3 nitrogen and oxygen atoms in total. The predicted molar refractivity (Wildman–Crippen MR) is 85.9 cm³/mol. The Bertz CT molecular complexity index is 576. The van der Waals surface area contributed by atoms with Crippen LogP contribution in [0.15, 0.2) is 41.8 Å². The monoisotopic (exact) mass is 288 g/mol. The Kier molecular flexibility index (Phi) is 4.57. The summed E-state index contributed by atoms with van der Waals surface area (Å²) >= 11 is 1.68. The normalized spacial score (nSPS) is 13.8. The summed E-state index contributed by atoms with van der Waals surface area (Å²) in [5.41, 5.74) is 7.11. The largest absolute Gasteiger partial charge is 0.324 e. The van der Waals surface area contributed by atoms with Gasteiger partial charge in [-0.25, -0.2) is 0 Å². The number of nitrogens with one attached hydrogen (secondary N) is 1. The Labute approximate surface area is 123 Å². The van der Waals surface area contributed by atoms with Gasteiger partial charge in [0.1, 0.15) is 0 Å². The first kappa shape index (κ1) is 14.8. The molecule has 0 spiro atoms. The van der Waals surface area contributed by atoms with E-state index in [0.29, 0.717) is 6.42 Å². The molecule has 0 aliphatic carbocycles. The van der Waals surface area contributed by atoms with Gasteiger partial charge in [0.15, 0.2) is 0 Å². The SMILES string of the molecule is CCCC(C)(N)C(=O)Nc1cccc(-c2cccs2)c1. The highest BCUT2D eigenvalue weighted by atomic mass is 32.1. The zero-order chi connectivity index (χ0) is 14.6. The van der Waals surface area contributed by atoms with E-state index in [1.807, 2.05) is 42.6 Å². The van der Waals surface area contributed by atoms with Crippen LogP contribution in [0.2, 0.25) is 0 Å². The van der Waals surface area contributed by atoms with Crippen molar-refractivity contribution in [1.82, 2.24) is 0 Å². The van der Waals surface area contributed by atoms with E-state index >= 15 is 0 Å². The van der Waals surface area contributed by atoms with Gasteiger partial charge in [0, 0.05) is 10.6 Å². The van der Waals surface area contributed by atoms with E-state index in [2.05, 4.69) is 11.4 Å². The maximum Gasteiger partial charge on any atom is 0.244 e. The number of carbonyl (C=O) groups excluding carboxylic acids is 1. The third-order valence-corrected chi connectivity index (χ3v) is 4.13. The molecule has 0 aliphatic heterocycles. The highest BCUT2D eigenvalue weighted by molar-refractivity contribution is 7.13. The molecule has 0 fully saturated rings. The van der Waals surface area contributed by atoms with Crippen molar-refractivity contribution in [2.45, 2.75) is 32.2 Å². The summed E-state index contributed by atoms with van der Waals surface area (Å²) in [4.78, 5) is 13.4. The van der Waals surface area contributed by atoms with Gasteiger partial charge in [0.05, 0.1) is 5.54 Å². The van der Waals surface area contributed by atoms with E-state index < -0.39 is 5.54 Å². The van der Waals surface area contributed by atoms with Gasteiger partial charge in [-0.15, -0.1) is 11.3 Å². The third kappa shape index (κ3) is 3.46. The molecule has 106 valence electrons. The van der Waals surface area contributed by atoms with Crippen LogP contribution < -0.4 is 11.1 Å². The van der Waals surface area contributed by atoms with Crippen molar-refractivity contribution < 1.29 is 4.79 Å². The quantitative estimate of drug-likeness (QED) is 0.877. The van der Waals surface area contributed by atoms with Crippen molar-refractivity contribution in [3.8, 4) is 10.4 Å². The Hall–Kier alpha value is -1.65. The van der Waals surface area contributed by atoms with Gasteiger partial charge < -0.3 is 11.1 Å². The topological polar surface area (TPSA) is 55.1 Å². The molecule has 0 aliphatic rings. The highest BCUT2D eigenvalue weighted by Gasteiger charge is 2.27. The van der Waals surface area contributed by atoms with Crippen LogP contribution in [0.3, 0.4) is 0 Å². The van der Waals surface area contributed by atoms with Crippen LogP contribution in [0.4, 0.5) is 5.69 Å². The molecule has 4 heteroatoms. The van der Waals surface area contributed by atoms with Gasteiger partial charge in [-0.3, -0.25) is 4.79 Å². The molecule has 1 atom stereocenters. The summed E-state index contributed by atoms with van der Waals surface area (Å²) in [7, 11) is 0. The van der Waals surface area contributed by atoms with E-state index in [1.54, 1.807) is 18.3 Å². The van der Waals surface area contributed by atoms with Gasteiger partial charge >= 0.3 is 0 Å². The van der Waals surface area contributed by atoms with Gasteiger partial charge in [-0.05, 0) is 42.5 Å². The van der Waals surface area contributed by atoms with Gasteiger partial charge in [-0.2, -0.15) is 0 Å². The molecular weight excluding hydrogens is 268 g/mol. The minimum Gasteiger partial charge on any atom is -0.324 e. The van der Waals surface area contributed by atoms with Gasteiger partial charge in [0.2, 0.25) is 5.91 Å². The molecule has 0 saturated carbocycles. The number of nitrogens with two attached hydrogens (primary N) is 1. The standard InChI is InChI=1S/C16H20N2OS/c1-3-9-16(2,17)15(19)18-13-7-4-6-12(11-13)14-8-5-10-20-14/h4-8,10-11H,3,9,17H2,1-2H3,(H,18,19). The molecule has 1 amide bonds. The highest BCUT2D eigenvalue weighted by Crippen LogP contribution is 2.27. The van der Waals surface area contributed by atoms with Crippen molar-refractivity contribution >= 4 is 22.9 Å². The lowest BCUT2D eigenvalue weighted by Gasteiger charge is -2.23. The Balaban J connectivity index is 2.14. The van der Waals surface area contributed by atoms with E-state index in [1.165, 1.54) is 4.88 Å². The minimum atomic E-state index is -0.826. The molecule has 1 heterocycles. The van der Waals surface area contributed by atoms with Crippen molar-refractivity contribution in [3.05, 3.63) is 41.8 Å². The third-order valence-electron chi connectivity index (χ3n) is 3.21. The van der Waals surface area contributed by atoms with Crippen LogP contribution in [-0.2, 0) is 4.79 Å². The molecule has 0 bridgehead atoms. The van der Waals surface area contributed by atoms with Crippen molar-refractivity contribution in [2.24, 2.45) is 5.73 Å². The minimum absolute atomic E-state index is 0.136. The van der Waals surface area contributed by atoms with Crippen LogP contribution in [-0.4, -0.2) is 11.4 Å². The Morgan fingerprint density at radius 1 is 1.35 bits per heavy atom. The first-order chi connectivity index (χ1) is 9.53. The number of hydrogen-bond acceptors (Lipinski definition) is 3. The number of anilines is 1. The number of carbonyl (C=O) groups is 1. The van der Waals surface area contributed by atoms with Crippen LogP contribution in [0.25, 0.3) is 10.4 Å². The van der Waals surface area contributed by atoms with Crippen LogP contribution in [0.5, 0.6) is 0 Å². The molecule has 20 heavy (non-hydrogen) atoms. The fraction of sp³-hybridized carbons (Fsp3) is 0.312. The summed E-state index contributed by atoms with van der Waals surface area (Å²) in [6, 6.07) is 11.9. The smallest absolute Gasteiger partial charge is 0.244 e. The lowest BCUT2D eigenvalue weighted by atomic mass is 9.96. The number of amides is 1. The summed E-state index contributed by atoms with van der Waals surface area (Å²) in [5.74, 6) is -0.136. The molecule has 0 saturated heterocycles. The maximum atomic E-state index is 12.2. The number of rotatable bonds is 5. The summed E-state index contributed by atoms with van der Waals surface area (Å²) in [6.45, 7) is 3.80. The number of hydrogen-bond donors (Lipinski definition) is 2. The summed E-state index contributed by atoms with van der Waals surface area (Å²) in [6.07, 6.45) is 1.55. The lowest BCUT2D eigenvalue weighted by molar-refractivity contribution is -0.120. The molecule has 1 aromatic heterocycles. The van der Waals surface area contributed by atoms with Gasteiger partial charge in [-0.1, -0.05) is 31.5 Å². The number of benzene rings is 1. The molecule has 1 aromatic carbocycles. The molecule has 1 unspecified atom stereocenters. The second-order valence-corrected chi connectivity index (χ2v) is 6.13. The van der Waals surface area contributed by atoms with E-state index in [-0.39, 0.29) is 5.91 Å². The van der Waals surface area contributed by atoms with E-state index in [9.17, 15) is 4.79 Å². The molecule has 3 N–H and O–H groups in total. The average Bonchev–Trinajstić information content (AvgIpc) is 2.93. The zero-order valence-electron chi connectivity index (χ0n) is 11.8. The van der Waals surface area contributed by atoms with E-state index in [4.69, 9.17) is 5.73 Å².